The van der Waals surface area contributed by atoms with E-state index in [4.69, 9.17) is 4.74 Å². The molecule has 1 aliphatic rings. The van der Waals surface area contributed by atoms with Crippen LogP contribution in [0.4, 0.5) is 18.0 Å². The summed E-state index contributed by atoms with van der Waals surface area (Å²) in [5.41, 5.74) is 0.000509. The number of carbonyl (C=O) groups excluding carboxylic acids is 1. The van der Waals surface area contributed by atoms with Crippen molar-refractivity contribution >= 4 is 18.5 Å². The lowest BCUT2D eigenvalue weighted by molar-refractivity contribution is -0.104. The Morgan fingerprint density at radius 3 is 2.79 bits per heavy atom. The number of carbonyl (C=O) groups is 1. The van der Waals surface area contributed by atoms with Gasteiger partial charge in [0.05, 0.1) is 7.11 Å². The number of halogens is 4. The summed E-state index contributed by atoms with van der Waals surface area (Å²) in [6.45, 7) is -1.02. The molecule has 1 amide bonds. The van der Waals surface area contributed by atoms with Gasteiger partial charge in [0, 0.05) is 11.6 Å². The van der Waals surface area contributed by atoms with Crippen LogP contribution in [0.3, 0.4) is 0 Å². The predicted molar refractivity (Wildman–Crippen MR) is 62.4 cm³/mol. The summed E-state index contributed by atoms with van der Waals surface area (Å²) in [5.74, 6) is -3.96. The van der Waals surface area contributed by atoms with E-state index in [9.17, 15) is 18.0 Å². The molecule has 1 fully saturated rings. The standard InChI is InChI=1S/C11H10F3NO3.ClH/c1-17-8-4-6(12)2-3-7(8)9-11(13,14)5-18-10(16)15-9;/h2-4,9H,5H2,1H3,(H,15,16);1H/t9-;/m1./s1. The summed E-state index contributed by atoms with van der Waals surface area (Å²) < 4.78 is 49.4. The van der Waals surface area contributed by atoms with E-state index in [2.05, 4.69) is 4.74 Å². The number of ether oxygens (including phenoxy) is 2. The van der Waals surface area contributed by atoms with Crippen LogP contribution in [-0.2, 0) is 4.74 Å². The van der Waals surface area contributed by atoms with Gasteiger partial charge in [-0.05, 0) is 6.07 Å². The van der Waals surface area contributed by atoms with Crippen LogP contribution in [0.1, 0.15) is 11.6 Å². The minimum absolute atomic E-state index is 0. The molecular weight excluding hydrogens is 287 g/mol. The van der Waals surface area contributed by atoms with E-state index in [1.807, 2.05) is 5.32 Å². The van der Waals surface area contributed by atoms with Gasteiger partial charge in [-0.1, -0.05) is 6.07 Å². The van der Waals surface area contributed by atoms with Crippen LogP contribution >= 0.6 is 12.4 Å². The molecule has 106 valence electrons. The smallest absolute Gasteiger partial charge is 0.408 e. The minimum atomic E-state index is -3.29. The number of alkyl carbamates (subject to hydrolysis) is 1. The van der Waals surface area contributed by atoms with E-state index in [1.165, 1.54) is 7.11 Å². The first-order valence-electron chi connectivity index (χ1n) is 5.08. The van der Waals surface area contributed by atoms with Crippen LogP contribution in [0.25, 0.3) is 0 Å². The number of amides is 1. The lowest BCUT2D eigenvalue weighted by Crippen LogP contribution is -2.49. The molecule has 0 radical (unpaired) electrons. The third-order valence-electron chi connectivity index (χ3n) is 2.59. The number of methoxy groups -OCH3 is 1. The summed E-state index contributed by atoms with van der Waals surface area (Å²) in [7, 11) is 1.23. The molecule has 8 heteroatoms. The summed E-state index contributed by atoms with van der Waals surface area (Å²) in [6.07, 6.45) is -0.947. The molecule has 2 rings (SSSR count). The van der Waals surface area contributed by atoms with Crippen LogP contribution in [0.15, 0.2) is 18.2 Å². The zero-order valence-corrected chi connectivity index (χ0v) is 10.6. The van der Waals surface area contributed by atoms with Gasteiger partial charge in [0.1, 0.15) is 17.6 Å². The first kappa shape index (κ1) is 15.4. The Kier molecular flexibility index (Phi) is 4.52. The van der Waals surface area contributed by atoms with E-state index in [0.717, 1.165) is 18.2 Å². The number of nitrogens with one attached hydrogen (secondary N) is 1. The second-order valence-corrected chi connectivity index (χ2v) is 3.80. The molecule has 1 aromatic carbocycles. The molecule has 0 spiro atoms. The Balaban J connectivity index is 0.00000180. The highest BCUT2D eigenvalue weighted by molar-refractivity contribution is 5.85. The van der Waals surface area contributed by atoms with Crippen molar-refractivity contribution in [1.82, 2.24) is 5.32 Å². The van der Waals surface area contributed by atoms with Gasteiger partial charge >= 0.3 is 12.0 Å². The van der Waals surface area contributed by atoms with Gasteiger partial charge in [-0.25, -0.2) is 18.0 Å². The van der Waals surface area contributed by atoms with Crippen molar-refractivity contribution in [1.29, 1.82) is 0 Å². The Morgan fingerprint density at radius 2 is 2.16 bits per heavy atom. The van der Waals surface area contributed by atoms with Crippen molar-refractivity contribution in [2.24, 2.45) is 0 Å². The molecule has 1 atom stereocenters. The van der Waals surface area contributed by atoms with Gasteiger partial charge in [0.25, 0.3) is 0 Å². The number of alkyl halides is 2. The molecule has 4 nitrogen and oxygen atoms in total. The summed E-state index contributed by atoms with van der Waals surface area (Å²) in [5, 5.41) is 2.00. The Bertz CT molecular complexity index is 484. The SMILES string of the molecule is COc1cc(F)ccc1[C@H]1NC(=O)OCC1(F)F.Cl. The van der Waals surface area contributed by atoms with Gasteiger partial charge in [-0.3, -0.25) is 0 Å². The number of benzene rings is 1. The molecule has 1 saturated heterocycles. The molecule has 1 N–H and O–H groups in total. The largest absolute Gasteiger partial charge is 0.496 e. The zero-order valence-electron chi connectivity index (χ0n) is 9.78. The normalized spacial score (nSPS) is 20.8. The fraction of sp³-hybridized carbons (Fsp3) is 0.364. The fourth-order valence-corrected chi connectivity index (χ4v) is 1.74. The lowest BCUT2D eigenvalue weighted by atomic mass is 9.99. The number of cyclic esters (lactones) is 1. The number of rotatable bonds is 2. The zero-order chi connectivity index (χ0) is 13.3. The molecule has 1 aromatic rings. The van der Waals surface area contributed by atoms with Crippen LogP contribution in [0, 0.1) is 5.82 Å². The van der Waals surface area contributed by atoms with Gasteiger partial charge in [-0.2, -0.15) is 0 Å². The third-order valence-corrected chi connectivity index (χ3v) is 2.59. The molecule has 0 bridgehead atoms. The van der Waals surface area contributed by atoms with E-state index >= 15 is 0 Å². The van der Waals surface area contributed by atoms with Crippen molar-refractivity contribution in [3.8, 4) is 5.75 Å². The van der Waals surface area contributed by atoms with Crippen molar-refractivity contribution in [2.75, 3.05) is 13.7 Å². The van der Waals surface area contributed by atoms with E-state index in [0.29, 0.717) is 0 Å². The number of hydrogen-bond acceptors (Lipinski definition) is 3. The van der Waals surface area contributed by atoms with Crippen LogP contribution in [0.5, 0.6) is 5.75 Å². The fourth-order valence-electron chi connectivity index (χ4n) is 1.74. The monoisotopic (exact) mass is 297 g/mol. The highest BCUT2D eigenvalue weighted by Crippen LogP contribution is 2.38. The topological polar surface area (TPSA) is 47.6 Å². The first-order valence-corrected chi connectivity index (χ1v) is 5.08. The van der Waals surface area contributed by atoms with E-state index in [-0.39, 0.29) is 23.7 Å². The van der Waals surface area contributed by atoms with Crippen molar-refractivity contribution in [3.63, 3.8) is 0 Å². The molecular formula is C11H11ClF3NO3. The second kappa shape index (κ2) is 5.56. The van der Waals surface area contributed by atoms with Crippen LogP contribution in [0.2, 0.25) is 0 Å². The van der Waals surface area contributed by atoms with Crippen molar-refractivity contribution in [2.45, 2.75) is 12.0 Å². The van der Waals surface area contributed by atoms with Crippen LogP contribution in [-0.4, -0.2) is 25.7 Å². The predicted octanol–water partition coefficient (Wildman–Crippen LogP) is 2.67. The highest BCUT2D eigenvalue weighted by atomic mass is 35.5. The average Bonchev–Trinajstić information content (AvgIpc) is 2.32. The summed E-state index contributed by atoms with van der Waals surface area (Å²) in [6, 6.07) is 1.55. The number of hydrogen-bond donors (Lipinski definition) is 1. The molecule has 1 aliphatic heterocycles. The maximum atomic E-state index is 13.7. The van der Waals surface area contributed by atoms with Gasteiger partial charge in [-0.15, -0.1) is 12.4 Å². The van der Waals surface area contributed by atoms with Crippen molar-refractivity contribution < 1.29 is 27.4 Å². The average molecular weight is 298 g/mol. The summed E-state index contributed by atoms with van der Waals surface area (Å²) in [4.78, 5) is 11.0. The first-order chi connectivity index (χ1) is 8.44. The van der Waals surface area contributed by atoms with Gasteiger partial charge in [0.15, 0.2) is 6.61 Å². The Labute approximate surface area is 113 Å². The molecule has 19 heavy (non-hydrogen) atoms. The molecule has 1 heterocycles. The third kappa shape index (κ3) is 3.04. The summed E-state index contributed by atoms with van der Waals surface area (Å²) >= 11 is 0. The molecule has 0 aromatic heterocycles. The maximum absolute atomic E-state index is 13.7. The van der Waals surface area contributed by atoms with Crippen molar-refractivity contribution in [3.05, 3.63) is 29.6 Å². The Morgan fingerprint density at radius 1 is 1.47 bits per heavy atom. The van der Waals surface area contributed by atoms with Gasteiger partial charge < -0.3 is 14.8 Å². The minimum Gasteiger partial charge on any atom is -0.496 e. The maximum Gasteiger partial charge on any atom is 0.408 e. The molecule has 0 saturated carbocycles. The van der Waals surface area contributed by atoms with E-state index < -0.39 is 30.5 Å². The molecule has 0 aliphatic carbocycles. The lowest BCUT2D eigenvalue weighted by Gasteiger charge is -2.32. The van der Waals surface area contributed by atoms with Gasteiger partial charge in [0.2, 0.25) is 0 Å². The highest BCUT2D eigenvalue weighted by Gasteiger charge is 2.47. The second-order valence-electron chi connectivity index (χ2n) is 3.80. The molecule has 0 unspecified atom stereocenters. The quantitative estimate of drug-likeness (QED) is 0.913. The van der Waals surface area contributed by atoms with Crippen LogP contribution < -0.4 is 10.1 Å². The Hall–Kier alpha value is -1.63. The van der Waals surface area contributed by atoms with E-state index in [1.54, 1.807) is 0 Å².